The Hall–Kier alpha value is -3.15. The third-order valence-electron chi connectivity index (χ3n) is 3.34. The van der Waals surface area contributed by atoms with Crippen LogP contribution in [-0.4, -0.2) is 27.7 Å². The van der Waals surface area contributed by atoms with Gasteiger partial charge in [0.1, 0.15) is 5.60 Å². The van der Waals surface area contributed by atoms with Gasteiger partial charge in [-0.25, -0.2) is 4.79 Å². The lowest BCUT2D eigenvalue weighted by atomic mass is 10.2. The zero-order valence-electron chi connectivity index (χ0n) is 14.4. The number of ether oxygens (including phenoxy) is 1. The van der Waals surface area contributed by atoms with Gasteiger partial charge in [-0.2, -0.15) is 14.9 Å². The zero-order chi connectivity index (χ0) is 17.9. The van der Waals surface area contributed by atoms with Crippen LogP contribution < -0.4 is 5.43 Å². The number of fused-ring (bicyclic) bond motifs is 1. The Bertz CT molecular complexity index is 908. The van der Waals surface area contributed by atoms with Gasteiger partial charge >= 0.3 is 6.09 Å². The summed E-state index contributed by atoms with van der Waals surface area (Å²) in [4.78, 5) is 12.2. The molecular weight excluding hydrogens is 316 g/mol. The quantitative estimate of drug-likeness (QED) is 0.573. The maximum atomic E-state index is 12.2. The fourth-order valence-electron chi connectivity index (χ4n) is 2.28. The van der Waals surface area contributed by atoms with Crippen molar-refractivity contribution in [1.82, 2.24) is 9.78 Å². The molecule has 1 heterocycles. The maximum absolute atomic E-state index is 12.2. The molecule has 0 aliphatic heterocycles. The van der Waals surface area contributed by atoms with Crippen molar-refractivity contribution in [3.05, 3.63) is 60.3 Å². The van der Waals surface area contributed by atoms with Crippen LogP contribution in [0, 0.1) is 0 Å². The summed E-state index contributed by atoms with van der Waals surface area (Å²) < 4.78 is 6.63. The summed E-state index contributed by atoms with van der Waals surface area (Å²) in [5.41, 5.74) is 4.91. The molecule has 0 fully saturated rings. The number of carbonyl (C=O) groups excluding carboxylic acids is 1. The van der Waals surface area contributed by atoms with Crippen molar-refractivity contribution in [2.45, 2.75) is 26.4 Å². The molecule has 128 valence electrons. The highest BCUT2D eigenvalue weighted by atomic mass is 16.6. The predicted octanol–water partition coefficient (Wildman–Crippen LogP) is 4.27. The van der Waals surface area contributed by atoms with E-state index < -0.39 is 11.7 Å². The van der Waals surface area contributed by atoms with E-state index in [9.17, 15) is 4.79 Å². The van der Waals surface area contributed by atoms with Gasteiger partial charge in [0.25, 0.3) is 0 Å². The van der Waals surface area contributed by atoms with Gasteiger partial charge in [0.15, 0.2) is 0 Å². The van der Waals surface area contributed by atoms with Crippen LogP contribution in [0.4, 0.5) is 10.5 Å². The van der Waals surface area contributed by atoms with Gasteiger partial charge in [-0.05, 0) is 50.6 Å². The van der Waals surface area contributed by atoms with E-state index in [0.717, 1.165) is 16.6 Å². The monoisotopic (exact) mass is 336 g/mol. The summed E-state index contributed by atoms with van der Waals surface area (Å²) >= 11 is 0. The van der Waals surface area contributed by atoms with Gasteiger partial charge in [0.05, 0.1) is 23.6 Å². The minimum Gasteiger partial charge on any atom is -0.442 e. The van der Waals surface area contributed by atoms with Crippen LogP contribution in [0.3, 0.4) is 0 Å². The SMILES string of the molecule is CC(C)(C)OC(=O)n1ncc2cc(C=NNc3ccccc3)ccc21. The van der Waals surface area contributed by atoms with Crippen molar-refractivity contribution < 1.29 is 9.53 Å². The number of hydrogen-bond donors (Lipinski definition) is 1. The van der Waals surface area contributed by atoms with Crippen LogP contribution in [0.5, 0.6) is 0 Å². The number of anilines is 1. The highest BCUT2D eigenvalue weighted by Crippen LogP contribution is 2.17. The summed E-state index contributed by atoms with van der Waals surface area (Å²) in [5, 5.41) is 9.19. The van der Waals surface area contributed by atoms with Crippen molar-refractivity contribution >= 4 is 28.9 Å². The smallest absolute Gasteiger partial charge is 0.435 e. The molecule has 3 rings (SSSR count). The van der Waals surface area contributed by atoms with Crippen molar-refractivity contribution in [3.8, 4) is 0 Å². The first-order valence-corrected chi connectivity index (χ1v) is 7.98. The number of carbonyl (C=O) groups is 1. The molecule has 6 nitrogen and oxygen atoms in total. The normalized spacial score (nSPS) is 11.8. The van der Waals surface area contributed by atoms with E-state index in [4.69, 9.17) is 4.74 Å². The Morgan fingerprint density at radius 1 is 1.20 bits per heavy atom. The highest BCUT2D eigenvalue weighted by molar-refractivity contribution is 5.92. The first-order valence-electron chi connectivity index (χ1n) is 7.98. The van der Waals surface area contributed by atoms with Crippen molar-refractivity contribution in [1.29, 1.82) is 0 Å². The molecule has 0 saturated heterocycles. The second-order valence-corrected chi connectivity index (χ2v) is 6.59. The summed E-state index contributed by atoms with van der Waals surface area (Å²) in [5.74, 6) is 0. The van der Waals surface area contributed by atoms with Crippen LogP contribution >= 0.6 is 0 Å². The van der Waals surface area contributed by atoms with E-state index in [-0.39, 0.29) is 0 Å². The molecule has 0 saturated carbocycles. The number of nitrogens with one attached hydrogen (secondary N) is 1. The number of benzene rings is 2. The number of aromatic nitrogens is 2. The summed E-state index contributed by atoms with van der Waals surface area (Å²) in [6.45, 7) is 5.47. The van der Waals surface area contributed by atoms with E-state index >= 15 is 0 Å². The molecule has 0 aliphatic rings. The maximum Gasteiger partial charge on any atom is 0.435 e. The second kappa shape index (κ2) is 6.76. The largest absolute Gasteiger partial charge is 0.442 e. The molecule has 1 N–H and O–H groups in total. The number of hydrazone groups is 1. The first kappa shape index (κ1) is 16.7. The minimum absolute atomic E-state index is 0.491. The van der Waals surface area contributed by atoms with E-state index in [1.54, 1.807) is 12.4 Å². The van der Waals surface area contributed by atoms with Gasteiger partial charge in [0, 0.05) is 5.39 Å². The lowest BCUT2D eigenvalue weighted by Gasteiger charge is -2.19. The van der Waals surface area contributed by atoms with Gasteiger partial charge in [-0.3, -0.25) is 5.43 Å². The van der Waals surface area contributed by atoms with Crippen molar-refractivity contribution in [3.63, 3.8) is 0 Å². The molecule has 0 atom stereocenters. The van der Waals surface area contributed by atoms with Crippen molar-refractivity contribution in [2.75, 3.05) is 5.43 Å². The van der Waals surface area contributed by atoms with E-state index in [1.165, 1.54) is 4.68 Å². The second-order valence-electron chi connectivity index (χ2n) is 6.59. The third-order valence-corrected chi connectivity index (χ3v) is 3.34. The number of para-hydroxylation sites is 1. The number of rotatable bonds is 3. The molecular formula is C19H20N4O2. The molecule has 1 aromatic heterocycles. The van der Waals surface area contributed by atoms with E-state index in [2.05, 4.69) is 15.6 Å². The topological polar surface area (TPSA) is 68.5 Å². The van der Waals surface area contributed by atoms with Gasteiger partial charge in [0.2, 0.25) is 0 Å². The lowest BCUT2D eigenvalue weighted by Crippen LogP contribution is -2.27. The van der Waals surface area contributed by atoms with Crippen LogP contribution in [0.1, 0.15) is 26.3 Å². The van der Waals surface area contributed by atoms with E-state index in [1.807, 2.05) is 69.3 Å². The van der Waals surface area contributed by atoms with Crippen LogP contribution in [0.2, 0.25) is 0 Å². The molecule has 0 amide bonds. The first-order chi connectivity index (χ1) is 11.9. The standard InChI is InChI=1S/C19H20N4O2/c1-19(2,3)25-18(24)23-17-10-9-14(11-15(17)13-21-23)12-20-22-16-7-5-4-6-8-16/h4-13,22H,1-3H3. The molecule has 6 heteroatoms. The molecule has 3 aromatic rings. The van der Waals surface area contributed by atoms with Gasteiger partial charge in [-0.15, -0.1) is 0 Å². The molecule has 0 radical (unpaired) electrons. The zero-order valence-corrected chi connectivity index (χ0v) is 14.4. The Kier molecular flexibility index (Phi) is 4.52. The fourth-order valence-corrected chi connectivity index (χ4v) is 2.28. The van der Waals surface area contributed by atoms with E-state index in [0.29, 0.717) is 5.52 Å². The molecule has 0 spiro atoms. The summed E-state index contributed by atoms with van der Waals surface area (Å²) in [6.07, 6.45) is 2.87. The predicted molar refractivity (Wildman–Crippen MR) is 99.0 cm³/mol. The molecule has 0 unspecified atom stereocenters. The van der Waals surface area contributed by atoms with Crippen molar-refractivity contribution in [2.24, 2.45) is 5.10 Å². The Labute approximate surface area is 146 Å². The summed E-state index contributed by atoms with van der Waals surface area (Å²) in [6, 6.07) is 15.3. The van der Waals surface area contributed by atoms with Gasteiger partial charge in [-0.1, -0.05) is 24.3 Å². The summed E-state index contributed by atoms with van der Waals surface area (Å²) in [7, 11) is 0. The lowest BCUT2D eigenvalue weighted by molar-refractivity contribution is 0.0523. The highest BCUT2D eigenvalue weighted by Gasteiger charge is 2.19. The average molecular weight is 336 g/mol. The fraction of sp³-hybridized carbons (Fsp3) is 0.211. The molecule has 0 aliphatic carbocycles. The molecule has 25 heavy (non-hydrogen) atoms. The number of nitrogens with zero attached hydrogens (tertiary/aromatic N) is 3. The Morgan fingerprint density at radius 2 is 1.96 bits per heavy atom. The molecule has 2 aromatic carbocycles. The van der Waals surface area contributed by atoms with Crippen LogP contribution in [0.15, 0.2) is 59.8 Å². The average Bonchev–Trinajstić information content (AvgIpc) is 2.97. The minimum atomic E-state index is -0.564. The van der Waals surface area contributed by atoms with Gasteiger partial charge < -0.3 is 4.74 Å². The molecule has 0 bridgehead atoms. The third kappa shape index (κ3) is 4.23. The van der Waals surface area contributed by atoms with Crippen LogP contribution in [-0.2, 0) is 4.74 Å². The Morgan fingerprint density at radius 3 is 2.68 bits per heavy atom. The van der Waals surface area contributed by atoms with Crippen LogP contribution in [0.25, 0.3) is 10.9 Å². The Balaban J connectivity index is 1.76. The number of hydrogen-bond acceptors (Lipinski definition) is 5.